The quantitative estimate of drug-likeness (QED) is 0.454. The van der Waals surface area contributed by atoms with E-state index < -0.39 is 10.4 Å². The number of rotatable bonds is 3. The summed E-state index contributed by atoms with van der Waals surface area (Å²) in [5.41, 5.74) is 0. The Hall–Kier alpha value is 0.526. The maximum atomic E-state index is 10.5. The zero-order chi connectivity index (χ0) is 9.03. The summed E-state index contributed by atoms with van der Waals surface area (Å²) >= 11 is 0. The molecule has 0 saturated carbocycles. The van der Waals surface area contributed by atoms with Gasteiger partial charge in [0.25, 0.3) is 0 Å². The fourth-order valence-electron chi connectivity index (χ4n) is 0.609. The van der Waals surface area contributed by atoms with Crippen LogP contribution in [0.25, 0.3) is 0 Å². The Labute approximate surface area is 118 Å². The standard InChI is InChI=1S/C6H6O5S.K.H/c7-11-12(8,9)10-6-4-2-1-3-5-6;;/h1-5,7H;;. The summed E-state index contributed by atoms with van der Waals surface area (Å²) in [5, 5.41) is 7.84. The first-order valence-corrected chi connectivity index (χ1v) is 4.30. The van der Waals surface area contributed by atoms with Crippen molar-refractivity contribution in [2.45, 2.75) is 0 Å². The summed E-state index contributed by atoms with van der Waals surface area (Å²) in [6, 6.07) is 7.69. The summed E-state index contributed by atoms with van der Waals surface area (Å²) in [5.74, 6) is 0.0755. The second-order valence-corrected chi connectivity index (χ2v) is 3.01. The number of hydrogen-bond acceptors (Lipinski definition) is 5. The Balaban J connectivity index is 0.00000144. The van der Waals surface area contributed by atoms with Crippen LogP contribution in [-0.2, 0) is 14.7 Å². The summed E-state index contributed by atoms with van der Waals surface area (Å²) in [6.07, 6.45) is 0. The maximum absolute atomic E-state index is 10.5. The molecule has 1 rings (SSSR count). The average Bonchev–Trinajstić information content (AvgIpc) is 2.06. The zero-order valence-corrected chi connectivity index (χ0v) is 6.69. The molecule has 0 heterocycles. The predicted molar refractivity (Wildman–Crippen MR) is 46.9 cm³/mol. The topological polar surface area (TPSA) is 72.8 Å². The van der Waals surface area contributed by atoms with Crippen LogP contribution in [0.2, 0.25) is 0 Å². The van der Waals surface area contributed by atoms with Crippen molar-refractivity contribution in [3.05, 3.63) is 30.3 Å². The Morgan fingerprint density at radius 3 is 2.15 bits per heavy atom. The van der Waals surface area contributed by atoms with Crippen molar-refractivity contribution >= 4 is 61.8 Å². The van der Waals surface area contributed by atoms with Gasteiger partial charge in [0.2, 0.25) is 0 Å². The van der Waals surface area contributed by atoms with E-state index in [0.29, 0.717) is 0 Å². The van der Waals surface area contributed by atoms with Gasteiger partial charge in [-0.1, -0.05) is 22.5 Å². The molecule has 0 aliphatic carbocycles. The van der Waals surface area contributed by atoms with E-state index in [9.17, 15) is 8.42 Å². The summed E-state index contributed by atoms with van der Waals surface area (Å²) in [4.78, 5) is 0. The molecule has 0 amide bonds. The second kappa shape index (κ2) is 6.09. The molecule has 0 saturated heterocycles. The van der Waals surface area contributed by atoms with Crippen molar-refractivity contribution in [1.82, 2.24) is 0 Å². The third-order valence-electron chi connectivity index (χ3n) is 1.03. The van der Waals surface area contributed by atoms with Crippen LogP contribution in [0.5, 0.6) is 5.75 Å². The molecule has 1 N–H and O–H groups in total. The molecule has 0 aliphatic heterocycles. The van der Waals surface area contributed by atoms with Crippen molar-refractivity contribution < 1.29 is 22.2 Å². The third kappa shape index (κ3) is 5.08. The first-order chi connectivity index (χ1) is 5.64. The first kappa shape index (κ1) is 13.5. The van der Waals surface area contributed by atoms with Crippen LogP contribution in [-0.4, -0.2) is 65.1 Å². The van der Waals surface area contributed by atoms with E-state index in [4.69, 9.17) is 5.26 Å². The third-order valence-corrected chi connectivity index (χ3v) is 1.61. The normalized spacial score (nSPS) is 10.2. The molecule has 0 aliphatic rings. The van der Waals surface area contributed by atoms with Crippen LogP contribution >= 0.6 is 0 Å². The van der Waals surface area contributed by atoms with E-state index >= 15 is 0 Å². The molecular weight excluding hydrogens is 223 g/mol. The van der Waals surface area contributed by atoms with E-state index in [1.54, 1.807) is 18.2 Å². The van der Waals surface area contributed by atoms with E-state index in [1.807, 2.05) is 0 Å². The van der Waals surface area contributed by atoms with Crippen molar-refractivity contribution in [2.75, 3.05) is 0 Å². The average molecular weight is 230 g/mol. The molecule has 0 aromatic heterocycles. The second-order valence-electron chi connectivity index (χ2n) is 1.88. The fourth-order valence-corrected chi connectivity index (χ4v) is 0.986. The minimum absolute atomic E-state index is 0. The Morgan fingerprint density at radius 1 is 1.15 bits per heavy atom. The van der Waals surface area contributed by atoms with Crippen LogP contribution in [0.4, 0.5) is 0 Å². The van der Waals surface area contributed by atoms with Gasteiger partial charge in [0.15, 0.2) is 0 Å². The SMILES string of the molecule is O=S(=O)(OO)Oc1ccccc1.[KH]. The molecule has 68 valence electrons. The molecule has 0 atom stereocenters. The van der Waals surface area contributed by atoms with Gasteiger partial charge in [0.1, 0.15) is 5.75 Å². The zero-order valence-electron chi connectivity index (χ0n) is 5.88. The summed E-state index contributed by atoms with van der Waals surface area (Å²) < 4.78 is 28.3. The van der Waals surface area contributed by atoms with Gasteiger partial charge in [-0.15, -0.1) is 0 Å². The van der Waals surface area contributed by atoms with Crippen LogP contribution < -0.4 is 4.18 Å². The Bertz CT molecular complexity index is 335. The number of para-hydroxylation sites is 1. The van der Waals surface area contributed by atoms with Gasteiger partial charge >= 0.3 is 61.8 Å². The minimum atomic E-state index is -4.32. The first-order valence-electron chi connectivity index (χ1n) is 2.96. The Morgan fingerprint density at radius 2 is 1.69 bits per heavy atom. The van der Waals surface area contributed by atoms with Gasteiger partial charge in [0.05, 0.1) is 0 Å². The van der Waals surface area contributed by atoms with Crippen molar-refractivity contribution in [3.63, 3.8) is 0 Å². The van der Waals surface area contributed by atoms with Gasteiger partial charge in [-0.05, 0) is 12.1 Å². The molecule has 1 aromatic rings. The Kier molecular flexibility index (Phi) is 6.34. The summed E-state index contributed by atoms with van der Waals surface area (Å²) in [6.45, 7) is 0. The molecule has 0 radical (unpaired) electrons. The number of hydrogen-bond donors (Lipinski definition) is 1. The van der Waals surface area contributed by atoms with Gasteiger partial charge < -0.3 is 4.18 Å². The van der Waals surface area contributed by atoms with Crippen molar-refractivity contribution in [1.29, 1.82) is 0 Å². The van der Waals surface area contributed by atoms with Crippen LogP contribution in [0, 0.1) is 0 Å². The molecule has 0 fully saturated rings. The van der Waals surface area contributed by atoms with Gasteiger partial charge in [0, 0.05) is 0 Å². The van der Waals surface area contributed by atoms with Gasteiger partial charge in [-0.2, -0.15) is 8.42 Å². The van der Waals surface area contributed by atoms with E-state index in [1.165, 1.54) is 12.1 Å². The van der Waals surface area contributed by atoms with Gasteiger partial charge in [-0.25, -0.2) is 5.26 Å². The van der Waals surface area contributed by atoms with Crippen LogP contribution in [0.15, 0.2) is 30.3 Å². The van der Waals surface area contributed by atoms with E-state index in [0.717, 1.165) is 0 Å². The fraction of sp³-hybridized carbons (Fsp3) is 0. The summed E-state index contributed by atoms with van der Waals surface area (Å²) in [7, 11) is -4.32. The van der Waals surface area contributed by atoms with E-state index in [-0.39, 0.29) is 57.1 Å². The molecule has 7 heteroatoms. The van der Waals surface area contributed by atoms with Gasteiger partial charge in [-0.3, -0.25) is 0 Å². The molecule has 1 aromatic carbocycles. The van der Waals surface area contributed by atoms with E-state index in [2.05, 4.69) is 8.52 Å². The monoisotopic (exact) mass is 230 g/mol. The molecule has 0 bridgehead atoms. The molecule has 0 spiro atoms. The number of benzene rings is 1. The molecule has 0 unspecified atom stereocenters. The van der Waals surface area contributed by atoms with Crippen LogP contribution in [0.1, 0.15) is 0 Å². The van der Waals surface area contributed by atoms with Crippen molar-refractivity contribution in [3.8, 4) is 5.75 Å². The van der Waals surface area contributed by atoms with Crippen LogP contribution in [0.3, 0.4) is 0 Å². The molecule has 13 heavy (non-hydrogen) atoms. The molecular formula is C6H7KO5S. The van der Waals surface area contributed by atoms with Crippen molar-refractivity contribution in [2.24, 2.45) is 0 Å². The molecule has 5 nitrogen and oxygen atoms in total. The predicted octanol–water partition coefficient (Wildman–Crippen LogP) is 0.151.